The predicted octanol–water partition coefficient (Wildman–Crippen LogP) is 0.0863. The molecule has 0 aromatic heterocycles. The van der Waals surface area contributed by atoms with Crippen molar-refractivity contribution in [2.75, 3.05) is 39.4 Å². The third kappa shape index (κ3) is 22.6. The molecule has 0 saturated carbocycles. The van der Waals surface area contributed by atoms with Gasteiger partial charge >= 0.3 is 17.9 Å². The van der Waals surface area contributed by atoms with E-state index >= 15 is 0 Å². The third-order valence-electron chi connectivity index (χ3n) is 2.92. The van der Waals surface area contributed by atoms with E-state index in [4.69, 9.17) is 31.9 Å². The highest BCUT2D eigenvalue weighted by molar-refractivity contribution is 5.81. The van der Waals surface area contributed by atoms with Crippen LogP contribution in [-0.4, -0.2) is 89.5 Å². The Hall–Kier alpha value is -1.68. The number of aliphatic hydroxyl groups is 2. The van der Waals surface area contributed by atoms with Crippen molar-refractivity contribution in [1.29, 1.82) is 0 Å². The second-order valence-corrected chi connectivity index (χ2v) is 5.77. The summed E-state index contributed by atoms with van der Waals surface area (Å²) in [6.45, 7) is -0.783. The minimum atomic E-state index is -4.16. The topological polar surface area (TPSA) is 179 Å². The van der Waals surface area contributed by atoms with Crippen LogP contribution in [0.25, 0.3) is 0 Å². The summed E-state index contributed by atoms with van der Waals surface area (Å²) in [6.07, 6.45) is -1.73. The van der Waals surface area contributed by atoms with Crippen LogP contribution in [0.5, 0.6) is 0 Å². The average Bonchev–Trinajstić information content (AvgIpc) is 2.61. The Morgan fingerprint density at radius 1 is 0.867 bits per heavy atom. The molecule has 0 aliphatic heterocycles. The molecule has 15 heteroatoms. The van der Waals surface area contributed by atoms with Gasteiger partial charge < -0.3 is 37.2 Å². The molecular formula is C15H29F6N3O6. The Morgan fingerprint density at radius 2 is 1.40 bits per heavy atom. The van der Waals surface area contributed by atoms with Gasteiger partial charge in [-0.05, 0) is 19.5 Å². The van der Waals surface area contributed by atoms with E-state index in [-0.39, 0.29) is 6.42 Å². The molecule has 0 radical (unpaired) electrons. The lowest BCUT2D eigenvalue weighted by Gasteiger charge is -2.13. The number of hydrogen-bond donors (Lipinski definition) is 7. The van der Waals surface area contributed by atoms with E-state index < -0.39 is 62.3 Å². The lowest BCUT2D eigenvalue weighted by molar-refractivity contribution is -0.171. The van der Waals surface area contributed by atoms with Gasteiger partial charge in [0.1, 0.15) is 13.0 Å². The lowest BCUT2D eigenvalue weighted by Crippen LogP contribution is -2.32. The quantitative estimate of drug-likeness (QED) is 0.148. The van der Waals surface area contributed by atoms with Crippen molar-refractivity contribution >= 4 is 11.9 Å². The van der Waals surface area contributed by atoms with Crippen molar-refractivity contribution in [3.05, 3.63) is 0 Å². The van der Waals surface area contributed by atoms with Crippen molar-refractivity contribution in [1.82, 2.24) is 5.32 Å². The molecule has 182 valence electrons. The number of halogens is 6. The Kier molecular flexibility index (Phi) is 18.7. The first kappa shape index (κ1) is 33.0. The van der Waals surface area contributed by atoms with E-state index in [0.717, 1.165) is 6.42 Å². The molecule has 9 nitrogen and oxygen atoms in total. The number of nitrogens with one attached hydrogen (secondary N) is 1. The number of aliphatic hydroxyl groups excluding tert-OH is 2. The van der Waals surface area contributed by atoms with Crippen LogP contribution in [0.4, 0.5) is 26.3 Å². The molecule has 0 aliphatic rings. The smallest absolute Gasteiger partial charge is 0.375 e. The molecule has 0 unspecified atom stereocenters. The van der Waals surface area contributed by atoms with E-state index in [1.807, 2.05) is 0 Å². The third-order valence-corrected chi connectivity index (χ3v) is 2.92. The summed E-state index contributed by atoms with van der Waals surface area (Å²) in [5.41, 5.74) is 10.1. The summed E-state index contributed by atoms with van der Waals surface area (Å²) in [4.78, 5) is 19.1. The van der Waals surface area contributed by atoms with Gasteiger partial charge in [-0.15, -0.1) is 0 Å². The van der Waals surface area contributed by atoms with Gasteiger partial charge in [-0.25, -0.2) is 22.4 Å². The molecule has 9 N–H and O–H groups in total. The van der Waals surface area contributed by atoms with E-state index in [0.29, 0.717) is 19.6 Å². The zero-order valence-electron chi connectivity index (χ0n) is 16.1. The molecule has 0 rings (SSSR count). The molecule has 30 heavy (non-hydrogen) atoms. The van der Waals surface area contributed by atoms with Crippen molar-refractivity contribution in [3.8, 4) is 0 Å². The highest BCUT2D eigenvalue weighted by Crippen LogP contribution is 2.18. The molecule has 0 saturated heterocycles. The van der Waals surface area contributed by atoms with Gasteiger partial charge in [0, 0.05) is 26.0 Å². The Labute approximate surface area is 169 Å². The first-order valence-electron chi connectivity index (χ1n) is 8.52. The number of carboxylic acids is 2. The number of aliphatic carboxylic acids is 2. The molecule has 0 spiro atoms. The van der Waals surface area contributed by atoms with E-state index in [9.17, 15) is 35.9 Å². The number of nitrogens with two attached hydrogens (primary N) is 2. The Balaban J connectivity index is -0.000000372. The van der Waals surface area contributed by atoms with Crippen LogP contribution in [0.1, 0.15) is 25.7 Å². The van der Waals surface area contributed by atoms with Crippen LogP contribution in [0.15, 0.2) is 0 Å². The molecule has 0 aromatic rings. The first-order valence-corrected chi connectivity index (χ1v) is 8.52. The molecule has 0 amide bonds. The minimum absolute atomic E-state index is 0.200. The predicted molar refractivity (Wildman–Crippen MR) is 93.7 cm³/mol. The maximum Gasteiger partial charge on any atom is 0.375 e. The van der Waals surface area contributed by atoms with Crippen LogP contribution in [0.3, 0.4) is 0 Å². The molecule has 0 bridgehead atoms. The van der Waals surface area contributed by atoms with Crippen molar-refractivity contribution in [3.63, 3.8) is 0 Å². The second kappa shape index (κ2) is 17.0. The van der Waals surface area contributed by atoms with Crippen LogP contribution in [-0.2, 0) is 9.59 Å². The van der Waals surface area contributed by atoms with Gasteiger partial charge in [-0.3, -0.25) is 4.79 Å². The fraction of sp³-hybridized carbons (Fsp3) is 0.867. The lowest BCUT2D eigenvalue weighted by atomic mass is 10.2. The maximum absolute atomic E-state index is 12.5. The van der Waals surface area contributed by atoms with Crippen molar-refractivity contribution < 1.29 is 56.4 Å². The highest BCUT2D eigenvalue weighted by Gasteiger charge is 2.41. The molecular weight excluding hydrogens is 432 g/mol. The summed E-state index contributed by atoms with van der Waals surface area (Å²) in [6, 6.07) is 0. The largest absolute Gasteiger partial charge is 0.481 e. The number of hydrogen-bond acceptors (Lipinski definition) is 7. The standard InChI is InChI=1S/C7H17F2N3.C4H4F2O4.C4H8F2O2/c8-7(9,6-11)2-5-12-4-1-3-10;5-4(6,3(9)10)1-2(7)8;5-4(6,3-8)1-2-7/h12H,1-6,10-11H2;1H2,(H,7,8)(H,9,10);7-8H,1-3H2. The van der Waals surface area contributed by atoms with E-state index in [2.05, 4.69) is 5.32 Å². The van der Waals surface area contributed by atoms with Gasteiger partial charge in [-0.1, -0.05) is 0 Å². The van der Waals surface area contributed by atoms with Gasteiger partial charge in [0.15, 0.2) is 0 Å². The SMILES string of the molecule is NCCCNCCC(F)(F)CN.O=C(O)CC(F)(F)C(=O)O.OCCC(F)(F)CO. The van der Waals surface area contributed by atoms with E-state index in [1.54, 1.807) is 0 Å². The van der Waals surface area contributed by atoms with Gasteiger partial charge in [0.05, 0.1) is 6.54 Å². The first-order chi connectivity index (χ1) is 13.6. The summed E-state index contributed by atoms with van der Waals surface area (Å²) in [5, 5.41) is 34.1. The van der Waals surface area contributed by atoms with Crippen LogP contribution in [0.2, 0.25) is 0 Å². The monoisotopic (exact) mass is 461 g/mol. The molecule has 0 aromatic carbocycles. The zero-order chi connectivity index (χ0) is 24.4. The van der Waals surface area contributed by atoms with Crippen molar-refractivity contribution in [2.45, 2.75) is 43.5 Å². The Morgan fingerprint density at radius 3 is 1.67 bits per heavy atom. The van der Waals surface area contributed by atoms with Gasteiger partial charge in [-0.2, -0.15) is 8.78 Å². The highest BCUT2D eigenvalue weighted by atomic mass is 19.3. The van der Waals surface area contributed by atoms with Crippen LogP contribution >= 0.6 is 0 Å². The molecule has 0 atom stereocenters. The average molecular weight is 461 g/mol. The van der Waals surface area contributed by atoms with Gasteiger partial charge in [0.25, 0.3) is 11.8 Å². The van der Waals surface area contributed by atoms with Crippen LogP contribution in [0, 0.1) is 0 Å². The van der Waals surface area contributed by atoms with Crippen LogP contribution < -0.4 is 16.8 Å². The van der Waals surface area contributed by atoms with Crippen molar-refractivity contribution in [2.24, 2.45) is 11.5 Å². The summed E-state index contributed by atoms with van der Waals surface area (Å²) < 4.78 is 72.1. The minimum Gasteiger partial charge on any atom is -0.481 e. The van der Waals surface area contributed by atoms with E-state index in [1.165, 1.54) is 0 Å². The fourth-order valence-corrected chi connectivity index (χ4v) is 1.23. The summed E-state index contributed by atoms with van der Waals surface area (Å²) >= 11 is 0. The summed E-state index contributed by atoms with van der Waals surface area (Å²) in [5.74, 6) is -14.3. The molecule has 0 fully saturated rings. The number of rotatable bonds is 13. The number of alkyl halides is 6. The molecule has 0 heterocycles. The Bertz CT molecular complexity index is 472. The second-order valence-electron chi connectivity index (χ2n) is 5.77. The normalized spacial score (nSPS) is 11.7. The maximum atomic E-state index is 12.5. The zero-order valence-corrected chi connectivity index (χ0v) is 16.1. The molecule has 0 aliphatic carbocycles. The van der Waals surface area contributed by atoms with Gasteiger partial charge in [0.2, 0.25) is 0 Å². The fourth-order valence-electron chi connectivity index (χ4n) is 1.23. The number of carboxylic acid groups (broad SMARTS) is 2. The number of carbonyl (C=O) groups is 2. The summed E-state index contributed by atoms with van der Waals surface area (Å²) in [7, 11) is 0.